The van der Waals surface area contributed by atoms with Crippen molar-refractivity contribution in [3.05, 3.63) is 51.5 Å². The molecule has 9 nitrogen and oxygen atoms in total. The largest absolute Gasteiger partial charge is 0.371 e. The molecule has 9 heteroatoms. The van der Waals surface area contributed by atoms with E-state index in [4.69, 9.17) is 0 Å². The highest BCUT2D eigenvalue weighted by molar-refractivity contribution is 6.00. The van der Waals surface area contributed by atoms with Crippen molar-refractivity contribution in [2.24, 2.45) is 5.92 Å². The van der Waals surface area contributed by atoms with Gasteiger partial charge in [0, 0.05) is 63.2 Å². The Morgan fingerprint density at radius 3 is 2.31 bits per heavy atom. The van der Waals surface area contributed by atoms with E-state index in [-0.39, 0.29) is 11.6 Å². The minimum atomic E-state index is -0.434. The molecule has 0 unspecified atom stereocenters. The highest BCUT2D eigenvalue weighted by Gasteiger charge is 2.28. The van der Waals surface area contributed by atoms with E-state index in [0.717, 1.165) is 49.0 Å². The number of piperidine rings is 1. The molecule has 1 amide bonds. The van der Waals surface area contributed by atoms with Gasteiger partial charge in [0.2, 0.25) is 0 Å². The quantitative estimate of drug-likeness (QED) is 0.534. The summed E-state index contributed by atoms with van der Waals surface area (Å²) in [4.78, 5) is 39.4. The molecule has 2 aromatic rings. The van der Waals surface area contributed by atoms with E-state index in [1.165, 1.54) is 12.1 Å². The predicted octanol–water partition coefficient (Wildman–Crippen LogP) is 3.20. The summed E-state index contributed by atoms with van der Waals surface area (Å²) in [6.45, 7) is 10.2. The topological polar surface area (TPSA) is 95.7 Å². The van der Waals surface area contributed by atoms with Gasteiger partial charge >= 0.3 is 0 Å². The Labute approximate surface area is 188 Å². The first-order valence-electron chi connectivity index (χ1n) is 11.2. The van der Waals surface area contributed by atoms with Crippen LogP contribution in [0, 0.1) is 29.9 Å². The molecule has 0 radical (unpaired) electrons. The van der Waals surface area contributed by atoms with Gasteiger partial charge in [0.05, 0.1) is 16.2 Å². The fraction of sp³-hybridized carbons (Fsp3) is 0.522. The molecule has 2 fully saturated rings. The maximum absolute atomic E-state index is 13.5. The summed E-state index contributed by atoms with van der Waals surface area (Å²) in [5.74, 6) is 2.12. The highest BCUT2D eigenvalue weighted by atomic mass is 16.6. The third-order valence-corrected chi connectivity index (χ3v) is 6.39. The van der Waals surface area contributed by atoms with Crippen LogP contribution in [-0.4, -0.2) is 65.0 Å². The number of aryl methyl sites for hydroxylation is 2. The number of amides is 1. The summed E-state index contributed by atoms with van der Waals surface area (Å²) in [7, 11) is 0. The van der Waals surface area contributed by atoms with Crippen LogP contribution < -0.4 is 9.80 Å². The number of hydrogen-bond donors (Lipinski definition) is 0. The molecule has 32 heavy (non-hydrogen) atoms. The van der Waals surface area contributed by atoms with Gasteiger partial charge in [0.25, 0.3) is 11.6 Å². The maximum Gasteiger partial charge on any atom is 0.270 e. The van der Waals surface area contributed by atoms with Gasteiger partial charge in [-0.05, 0) is 38.7 Å². The zero-order chi connectivity index (χ0) is 22.8. The van der Waals surface area contributed by atoms with E-state index in [1.807, 2.05) is 19.9 Å². The van der Waals surface area contributed by atoms with E-state index < -0.39 is 4.92 Å². The van der Waals surface area contributed by atoms with Crippen LogP contribution in [0.15, 0.2) is 24.3 Å². The number of carbonyl (C=O) groups is 1. The van der Waals surface area contributed by atoms with Gasteiger partial charge in [-0.3, -0.25) is 14.9 Å². The van der Waals surface area contributed by atoms with Gasteiger partial charge < -0.3 is 14.7 Å². The van der Waals surface area contributed by atoms with Crippen molar-refractivity contribution in [1.29, 1.82) is 0 Å². The number of nitro benzene ring substituents is 1. The second-order valence-electron chi connectivity index (χ2n) is 8.82. The molecule has 0 bridgehead atoms. The maximum atomic E-state index is 13.5. The molecule has 0 aliphatic carbocycles. The zero-order valence-corrected chi connectivity index (χ0v) is 19.0. The molecule has 2 saturated heterocycles. The third-order valence-electron chi connectivity index (χ3n) is 6.39. The minimum absolute atomic E-state index is 0.0481. The number of anilines is 2. The first kappa shape index (κ1) is 22.0. The standard InChI is InChI=1S/C23H30N6O3/c1-16-6-8-26(9-7-16)21-5-4-19(29(31)32)15-20(21)23(30)28-12-10-27(11-13-28)22-14-17(2)24-18(3)25-22/h4-5,14-16H,6-13H2,1-3H3. The molecule has 0 N–H and O–H groups in total. The summed E-state index contributed by atoms with van der Waals surface area (Å²) < 4.78 is 0. The van der Waals surface area contributed by atoms with Crippen LogP contribution in [-0.2, 0) is 0 Å². The second kappa shape index (κ2) is 9.10. The van der Waals surface area contributed by atoms with Crippen LogP contribution in [0.1, 0.15) is 41.6 Å². The second-order valence-corrected chi connectivity index (χ2v) is 8.82. The molecule has 1 aromatic carbocycles. The van der Waals surface area contributed by atoms with Crippen LogP contribution in [0.25, 0.3) is 0 Å². The van der Waals surface area contributed by atoms with Gasteiger partial charge in [-0.2, -0.15) is 0 Å². The number of carbonyl (C=O) groups excluding carboxylic acids is 1. The molecule has 0 spiro atoms. The normalized spacial score (nSPS) is 17.5. The number of rotatable bonds is 4. The summed E-state index contributed by atoms with van der Waals surface area (Å²) in [5, 5.41) is 11.4. The lowest BCUT2D eigenvalue weighted by Gasteiger charge is -2.37. The predicted molar refractivity (Wildman–Crippen MR) is 123 cm³/mol. The lowest BCUT2D eigenvalue weighted by Crippen LogP contribution is -2.49. The number of aromatic nitrogens is 2. The highest BCUT2D eigenvalue weighted by Crippen LogP contribution is 2.30. The number of benzene rings is 1. The average molecular weight is 439 g/mol. The third kappa shape index (κ3) is 4.66. The lowest BCUT2D eigenvalue weighted by molar-refractivity contribution is -0.384. The van der Waals surface area contributed by atoms with Crippen LogP contribution in [0.3, 0.4) is 0 Å². The zero-order valence-electron chi connectivity index (χ0n) is 19.0. The minimum Gasteiger partial charge on any atom is -0.371 e. The Balaban J connectivity index is 1.53. The summed E-state index contributed by atoms with van der Waals surface area (Å²) in [5.41, 5.74) is 2.10. The molecular formula is C23H30N6O3. The Morgan fingerprint density at radius 2 is 1.69 bits per heavy atom. The molecule has 2 aliphatic heterocycles. The SMILES string of the molecule is Cc1cc(N2CCN(C(=O)c3cc([N+](=O)[O-])ccc3N3CCC(C)CC3)CC2)nc(C)n1. The van der Waals surface area contributed by atoms with Crippen LogP contribution in [0.5, 0.6) is 0 Å². The van der Waals surface area contributed by atoms with Crippen molar-refractivity contribution in [1.82, 2.24) is 14.9 Å². The molecule has 0 saturated carbocycles. The first-order valence-corrected chi connectivity index (χ1v) is 11.2. The van der Waals surface area contributed by atoms with Gasteiger partial charge in [-0.25, -0.2) is 9.97 Å². The number of nitrogens with zero attached hydrogens (tertiary/aromatic N) is 6. The molecule has 170 valence electrons. The molecule has 3 heterocycles. The van der Waals surface area contributed by atoms with Crippen molar-refractivity contribution < 1.29 is 9.72 Å². The van der Waals surface area contributed by atoms with Crippen molar-refractivity contribution in [3.8, 4) is 0 Å². The van der Waals surface area contributed by atoms with E-state index in [9.17, 15) is 14.9 Å². The molecular weight excluding hydrogens is 408 g/mol. The summed E-state index contributed by atoms with van der Waals surface area (Å²) in [6, 6.07) is 6.64. The van der Waals surface area contributed by atoms with Gasteiger partial charge in [0.1, 0.15) is 11.6 Å². The number of nitro groups is 1. The number of piperazine rings is 1. The lowest BCUT2D eigenvalue weighted by atomic mass is 9.97. The van der Waals surface area contributed by atoms with Crippen LogP contribution in [0.4, 0.5) is 17.2 Å². The van der Waals surface area contributed by atoms with Crippen molar-refractivity contribution >= 4 is 23.1 Å². The van der Waals surface area contributed by atoms with Gasteiger partial charge in [0.15, 0.2) is 0 Å². The summed E-state index contributed by atoms with van der Waals surface area (Å²) >= 11 is 0. The van der Waals surface area contributed by atoms with Gasteiger partial charge in [-0.1, -0.05) is 6.92 Å². The molecule has 0 atom stereocenters. The van der Waals surface area contributed by atoms with Crippen molar-refractivity contribution in [3.63, 3.8) is 0 Å². The fourth-order valence-corrected chi connectivity index (χ4v) is 4.50. The number of non-ortho nitro benzene ring substituents is 1. The molecule has 4 rings (SSSR count). The molecule has 1 aromatic heterocycles. The van der Waals surface area contributed by atoms with E-state index in [1.54, 1.807) is 11.0 Å². The summed E-state index contributed by atoms with van der Waals surface area (Å²) in [6.07, 6.45) is 2.11. The Kier molecular flexibility index (Phi) is 6.25. The first-order chi connectivity index (χ1) is 15.3. The van der Waals surface area contributed by atoms with E-state index >= 15 is 0 Å². The number of hydrogen-bond acceptors (Lipinski definition) is 7. The van der Waals surface area contributed by atoms with Crippen LogP contribution >= 0.6 is 0 Å². The monoisotopic (exact) mass is 438 g/mol. The van der Waals surface area contributed by atoms with E-state index in [0.29, 0.717) is 37.7 Å². The smallest absolute Gasteiger partial charge is 0.270 e. The Morgan fingerprint density at radius 1 is 1.00 bits per heavy atom. The fourth-order valence-electron chi connectivity index (χ4n) is 4.50. The van der Waals surface area contributed by atoms with Crippen molar-refractivity contribution in [2.75, 3.05) is 49.1 Å². The Bertz CT molecular complexity index is 991. The Hall–Kier alpha value is -3.23. The molecule has 2 aliphatic rings. The van der Waals surface area contributed by atoms with Gasteiger partial charge in [-0.15, -0.1) is 0 Å². The average Bonchev–Trinajstić information content (AvgIpc) is 2.78. The van der Waals surface area contributed by atoms with E-state index in [2.05, 4.69) is 26.7 Å². The van der Waals surface area contributed by atoms with Crippen LogP contribution in [0.2, 0.25) is 0 Å². The van der Waals surface area contributed by atoms with Crippen molar-refractivity contribution in [2.45, 2.75) is 33.6 Å².